The average Bonchev–Trinajstić information content (AvgIpc) is 2.18. The third kappa shape index (κ3) is 2.03. The maximum absolute atomic E-state index is 10.7. The van der Waals surface area contributed by atoms with Gasteiger partial charge in [0.15, 0.2) is 0 Å². The molecule has 3 heteroatoms. The second-order valence-electron chi connectivity index (χ2n) is 4.01. The van der Waals surface area contributed by atoms with Gasteiger partial charge in [-0.05, 0) is 37.1 Å². The van der Waals surface area contributed by atoms with Crippen LogP contribution in [0.5, 0.6) is 0 Å². The minimum absolute atomic E-state index is 0.0602. The lowest BCUT2D eigenvalue weighted by molar-refractivity contribution is -0.136. The van der Waals surface area contributed by atoms with Crippen LogP contribution in [0.3, 0.4) is 0 Å². The fourth-order valence-electron chi connectivity index (χ4n) is 1.86. The molecule has 1 heterocycles. The van der Waals surface area contributed by atoms with E-state index in [0.717, 1.165) is 27.7 Å². The van der Waals surface area contributed by atoms with Gasteiger partial charge >= 0.3 is 5.97 Å². The molecule has 16 heavy (non-hydrogen) atoms. The van der Waals surface area contributed by atoms with Crippen molar-refractivity contribution in [3.8, 4) is 0 Å². The van der Waals surface area contributed by atoms with Gasteiger partial charge in [0.2, 0.25) is 0 Å². The molecule has 0 spiro atoms. The van der Waals surface area contributed by atoms with E-state index in [1.165, 1.54) is 0 Å². The number of rotatable bonds is 2. The maximum Gasteiger partial charge on any atom is 0.307 e. The number of benzene rings is 1. The average molecular weight is 215 g/mol. The summed E-state index contributed by atoms with van der Waals surface area (Å²) < 4.78 is 0. The quantitative estimate of drug-likeness (QED) is 0.837. The molecule has 0 radical (unpaired) electrons. The van der Waals surface area contributed by atoms with Gasteiger partial charge < -0.3 is 5.11 Å². The topological polar surface area (TPSA) is 50.2 Å². The van der Waals surface area contributed by atoms with Gasteiger partial charge in [-0.2, -0.15) is 0 Å². The van der Waals surface area contributed by atoms with Crippen molar-refractivity contribution in [2.75, 3.05) is 0 Å². The van der Waals surface area contributed by atoms with Crippen LogP contribution in [0.15, 0.2) is 24.3 Å². The summed E-state index contributed by atoms with van der Waals surface area (Å²) in [6.45, 7) is 3.91. The minimum atomic E-state index is -0.807. The fourth-order valence-corrected chi connectivity index (χ4v) is 1.86. The first kappa shape index (κ1) is 10.6. The monoisotopic (exact) mass is 215 g/mol. The lowest BCUT2D eigenvalue weighted by Gasteiger charge is -2.05. The Balaban J connectivity index is 2.59. The van der Waals surface area contributed by atoms with Gasteiger partial charge in [0.25, 0.3) is 0 Å². The van der Waals surface area contributed by atoms with Crippen LogP contribution >= 0.6 is 0 Å². The summed E-state index contributed by atoms with van der Waals surface area (Å²) in [6, 6.07) is 7.70. The van der Waals surface area contributed by atoms with Crippen LogP contribution in [0.1, 0.15) is 16.8 Å². The zero-order valence-electron chi connectivity index (χ0n) is 9.32. The SMILES string of the molecule is Cc1ccc2cc(CC(=O)O)cc(C)c2n1. The molecular weight excluding hydrogens is 202 g/mol. The third-order valence-corrected chi connectivity index (χ3v) is 2.54. The number of pyridine rings is 1. The zero-order valence-corrected chi connectivity index (χ0v) is 9.32. The minimum Gasteiger partial charge on any atom is -0.481 e. The molecular formula is C13H13NO2. The Hall–Kier alpha value is -1.90. The predicted octanol–water partition coefficient (Wildman–Crippen LogP) is 2.48. The number of hydrogen-bond donors (Lipinski definition) is 1. The first-order chi connectivity index (χ1) is 7.56. The lowest BCUT2D eigenvalue weighted by Crippen LogP contribution is -2.00. The Morgan fingerprint density at radius 1 is 1.31 bits per heavy atom. The number of aliphatic carboxylic acids is 1. The highest BCUT2D eigenvalue weighted by atomic mass is 16.4. The zero-order chi connectivity index (χ0) is 11.7. The first-order valence-corrected chi connectivity index (χ1v) is 5.15. The third-order valence-electron chi connectivity index (χ3n) is 2.54. The molecule has 0 bridgehead atoms. The number of aryl methyl sites for hydroxylation is 2. The molecule has 0 atom stereocenters. The molecule has 0 saturated heterocycles. The molecule has 0 aliphatic carbocycles. The van der Waals surface area contributed by atoms with E-state index in [4.69, 9.17) is 5.11 Å². The smallest absolute Gasteiger partial charge is 0.307 e. The summed E-state index contributed by atoms with van der Waals surface area (Å²) in [7, 11) is 0. The van der Waals surface area contributed by atoms with Crippen LogP contribution in [-0.4, -0.2) is 16.1 Å². The number of carbonyl (C=O) groups is 1. The Morgan fingerprint density at radius 3 is 2.75 bits per heavy atom. The molecule has 1 aromatic carbocycles. The van der Waals surface area contributed by atoms with Crippen LogP contribution in [0.4, 0.5) is 0 Å². The Bertz CT molecular complexity index is 561. The molecule has 2 rings (SSSR count). The van der Waals surface area contributed by atoms with Gasteiger partial charge in [-0.15, -0.1) is 0 Å². The molecule has 1 N–H and O–H groups in total. The van der Waals surface area contributed by atoms with Crippen molar-refractivity contribution in [1.29, 1.82) is 0 Å². The van der Waals surface area contributed by atoms with Crippen LogP contribution in [0.2, 0.25) is 0 Å². The molecule has 0 aliphatic rings. The van der Waals surface area contributed by atoms with Gasteiger partial charge in [-0.3, -0.25) is 9.78 Å². The Labute approximate surface area is 93.7 Å². The number of carboxylic acids is 1. The molecule has 0 amide bonds. The normalized spacial score (nSPS) is 10.6. The Morgan fingerprint density at radius 2 is 2.06 bits per heavy atom. The standard InChI is InChI=1S/C13H13NO2/c1-8-5-10(7-12(15)16)6-11-4-3-9(2)14-13(8)11/h3-6H,7H2,1-2H3,(H,15,16). The molecule has 0 unspecified atom stereocenters. The van der Waals surface area contributed by atoms with Crippen molar-refractivity contribution in [1.82, 2.24) is 4.98 Å². The van der Waals surface area contributed by atoms with Crippen molar-refractivity contribution in [3.05, 3.63) is 41.1 Å². The van der Waals surface area contributed by atoms with Crippen molar-refractivity contribution in [2.45, 2.75) is 20.3 Å². The first-order valence-electron chi connectivity index (χ1n) is 5.15. The predicted molar refractivity (Wildman–Crippen MR) is 62.6 cm³/mol. The lowest BCUT2D eigenvalue weighted by atomic mass is 10.0. The molecule has 82 valence electrons. The molecule has 2 aromatic rings. The molecule has 0 saturated carbocycles. The summed E-state index contributed by atoms with van der Waals surface area (Å²) in [5, 5.41) is 9.76. The Kier molecular flexibility index (Phi) is 2.60. The second kappa shape index (κ2) is 3.93. The summed E-state index contributed by atoms with van der Waals surface area (Å²) in [5.41, 5.74) is 3.77. The summed E-state index contributed by atoms with van der Waals surface area (Å²) >= 11 is 0. The van der Waals surface area contributed by atoms with Gasteiger partial charge in [0.1, 0.15) is 0 Å². The molecule has 0 fully saturated rings. The molecule has 1 aromatic heterocycles. The summed E-state index contributed by atoms with van der Waals surface area (Å²) in [6.07, 6.45) is 0.0602. The second-order valence-corrected chi connectivity index (χ2v) is 4.01. The fraction of sp³-hybridized carbons (Fsp3) is 0.231. The number of aromatic nitrogens is 1. The van der Waals surface area contributed by atoms with Crippen LogP contribution in [0.25, 0.3) is 10.9 Å². The summed E-state index contributed by atoms with van der Waals surface area (Å²) in [5.74, 6) is -0.807. The van der Waals surface area contributed by atoms with Gasteiger partial charge in [0.05, 0.1) is 11.9 Å². The highest BCUT2D eigenvalue weighted by molar-refractivity contribution is 5.84. The van der Waals surface area contributed by atoms with E-state index in [2.05, 4.69) is 4.98 Å². The van der Waals surface area contributed by atoms with Crippen molar-refractivity contribution in [3.63, 3.8) is 0 Å². The number of fused-ring (bicyclic) bond motifs is 1. The molecule has 0 aliphatic heterocycles. The van der Waals surface area contributed by atoms with E-state index >= 15 is 0 Å². The van der Waals surface area contributed by atoms with Crippen molar-refractivity contribution in [2.24, 2.45) is 0 Å². The van der Waals surface area contributed by atoms with Gasteiger partial charge in [-0.25, -0.2) is 0 Å². The number of nitrogens with zero attached hydrogens (tertiary/aromatic N) is 1. The van der Waals surface area contributed by atoms with Crippen molar-refractivity contribution >= 4 is 16.9 Å². The van der Waals surface area contributed by atoms with E-state index in [-0.39, 0.29) is 6.42 Å². The van der Waals surface area contributed by atoms with Crippen LogP contribution in [0, 0.1) is 13.8 Å². The molecule has 3 nitrogen and oxygen atoms in total. The number of hydrogen-bond acceptors (Lipinski definition) is 2. The van der Waals surface area contributed by atoms with E-state index in [9.17, 15) is 4.79 Å². The van der Waals surface area contributed by atoms with Crippen LogP contribution in [-0.2, 0) is 11.2 Å². The highest BCUT2D eigenvalue weighted by Crippen LogP contribution is 2.19. The largest absolute Gasteiger partial charge is 0.481 e. The highest BCUT2D eigenvalue weighted by Gasteiger charge is 2.05. The van der Waals surface area contributed by atoms with E-state index in [0.29, 0.717) is 0 Å². The maximum atomic E-state index is 10.7. The summed E-state index contributed by atoms with van der Waals surface area (Å²) in [4.78, 5) is 15.1. The van der Waals surface area contributed by atoms with E-state index in [1.54, 1.807) is 0 Å². The van der Waals surface area contributed by atoms with Gasteiger partial charge in [0, 0.05) is 11.1 Å². The van der Waals surface area contributed by atoms with Crippen LogP contribution < -0.4 is 0 Å². The van der Waals surface area contributed by atoms with Gasteiger partial charge in [-0.1, -0.05) is 12.1 Å². The van der Waals surface area contributed by atoms with E-state index in [1.807, 2.05) is 38.1 Å². The number of carboxylic acid groups (broad SMARTS) is 1. The van der Waals surface area contributed by atoms with Crippen molar-refractivity contribution < 1.29 is 9.90 Å². The van der Waals surface area contributed by atoms with E-state index < -0.39 is 5.97 Å².